The van der Waals surface area contributed by atoms with Gasteiger partial charge in [-0.25, -0.2) is 9.97 Å². The number of esters is 2. The second-order valence-electron chi connectivity index (χ2n) is 10.4. The lowest BCUT2D eigenvalue weighted by Crippen LogP contribution is -2.16. The minimum Gasteiger partial charge on any atom is -0.469 e. The fourth-order valence-electron chi connectivity index (χ4n) is 6.18. The van der Waals surface area contributed by atoms with Gasteiger partial charge in [0, 0.05) is 32.3 Å². The maximum Gasteiger partial charge on any atom is 0.309 e. The SMILES string of the molecule is COC(=O)Cc1ccc2c(c1)nc1c3ccc4c5c(ccc(c(=O)n21)c35)c(=O)n1c2cc(CC(=O)OC)ccc2nc41. The van der Waals surface area contributed by atoms with Crippen LogP contribution >= 0.6 is 0 Å². The number of imidazole rings is 2. The number of aromatic nitrogens is 4. The van der Waals surface area contributed by atoms with E-state index in [4.69, 9.17) is 19.4 Å². The molecule has 42 heavy (non-hydrogen) atoms. The van der Waals surface area contributed by atoms with Gasteiger partial charge in [-0.3, -0.25) is 28.0 Å². The highest BCUT2D eigenvalue weighted by molar-refractivity contribution is 6.27. The van der Waals surface area contributed by atoms with Gasteiger partial charge in [-0.2, -0.15) is 0 Å². The Morgan fingerprint density at radius 1 is 0.619 bits per heavy atom. The van der Waals surface area contributed by atoms with Crippen molar-refractivity contribution in [2.75, 3.05) is 14.2 Å². The summed E-state index contributed by atoms with van der Waals surface area (Å²) in [4.78, 5) is 61.2. The fraction of sp³-hybridized carbons (Fsp3) is 0.125. The Balaban J connectivity index is 1.46. The molecule has 4 aromatic carbocycles. The Morgan fingerprint density at radius 3 is 1.71 bits per heavy atom. The summed E-state index contributed by atoms with van der Waals surface area (Å²) in [7, 11) is 2.68. The van der Waals surface area contributed by atoms with Gasteiger partial charge in [0.15, 0.2) is 0 Å². The molecule has 204 valence electrons. The van der Waals surface area contributed by atoms with Crippen LogP contribution in [0.2, 0.25) is 0 Å². The molecule has 0 atom stereocenters. The number of hydrogen-bond donors (Lipinski definition) is 0. The van der Waals surface area contributed by atoms with E-state index in [1.165, 1.54) is 14.2 Å². The highest BCUT2D eigenvalue weighted by Gasteiger charge is 2.22. The van der Waals surface area contributed by atoms with Gasteiger partial charge in [-0.1, -0.05) is 12.1 Å². The number of nitrogens with zero attached hydrogens (tertiary/aromatic N) is 4. The van der Waals surface area contributed by atoms with Crippen LogP contribution in [0.5, 0.6) is 0 Å². The highest BCUT2D eigenvalue weighted by Crippen LogP contribution is 2.37. The molecule has 8 rings (SSSR count). The summed E-state index contributed by atoms with van der Waals surface area (Å²) in [6.45, 7) is 0. The van der Waals surface area contributed by atoms with Crippen molar-refractivity contribution in [1.82, 2.24) is 18.8 Å². The second kappa shape index (κ2) is 8.43. The summed E-state index contributed by atoms with van der Waals surface area (Å²) in [6, 6.07) is 17.9. The van der Waals surface area contributed by atoms with Gasteiger partial charge in [0.2, 0.25) is 0 Å². The largest absolute Gasteiger partial charge is 0.469 e. The molecule has 0 bridgehead atoms. The summed E-state index contributed by atoms with van der Waals surface area (Å²) in [5.74, 6) is -0.740. The normalized spacial score (nSPS) is 12.1. The van der Waals surface area contributed by atoms with E-state index in [2.05, 4.69) is 0 Å². The molecule has 4 heterocycles. The van der Waals surface area contributed by atoms with Gasteiger partial charge in [0.1, 0.15) is 11.3 Å². The molecule has 10 heteroatoms. The topological polar surface area (TPSA) is 121 Å². The third kappa shape index (κ3) is 3.14. The molecular weight excluding hydrogens is 536 g/mol. The average molecular weight is 557 g/mol. The van der Waals surface area contributed by atoms with E-state index in [1.54, 1.807) is 57.3 Å². The first-order valence-electron chi connectivity index (χ1n) is 13.2. The van der Waals surface area contributed by atoms with Gasteiger partial charge < -0.3 is 9.47 Å². The van der Waals surface area contributed by atoms with Gasteiger partial charge in [-0.05, 0) is 59.7 Å². The number of ether oxygens (including phenoxy) is 2. The van der Waals surface area contributed by atoms with E-state index in [-0.39, 0.29) is 35.9 Å². The van der Waals surface area contributed by atoms with E-state index >= 15 is 0 Å². The van der Waals surface area contributed by atoms with Crippen LogP contribution in [0, 0.1) is 0 Å². The van der Waals surface area contributed by atoms with Crippen molar-refractivity contribution < 1.29 is 19.1 Å². The highest BCUT2D eigenvalue weighted by atomic mass is 16.5. The number of carbonyl (C=O) groups is 2. The van der Waals surface area contributed by atoms with Crippen LogP contribution < -0.4 is 11.1 Å². The van der Waals surface area contributed by atoms with Gasteiger partial charge >= 0.3 is 11.9 Å². The number of fused-ring (bicyclic) bond motifs is 8. The minimum atomic E-state index is -0.376. The molecule has 0 saturated heterocycles. The number of methoxy groups -OCH3 is 2. The second-order valence-corrected chi connectivity index (χ2v) is 10.4. The lowest BCUT2D eigenvalue weighted by atomic mass is 9.96. The maximum atomic E-state index is 14.0. The molecule has 0 N–H and O–H groups in total. The van der Waals surface area contributed by atoms with Crippen LogP contribution in [-0.2, 0) is 31.9 Å². The molecule has 0 radical (unpaired) electrons. The molecule has 0 aliphatic heterocycles. The molecule has 0 unspecified atom stereocenters. The van der Waals surface area contributed by atoms with Crippen molar-refractivity contribution in [3.8, 4) is 0 Å². The third-order valence-corrected chi connectivity index (χ3v) is 8.10. The standard InChI is InChI=1S/C32H20N4O6/c1-41-25(37)13-15-4-10-23-22(11-15)34-30-18-6-5-17-27-20(8-7-19(28(18)27)31(39)35(23)30)32(40)36-24-12-16(14-26(38)42-2)3-9-21(24)33-29(17)36/h3-12H,13-14H2,1-2H3. The first-order valence-corrected chi connectivity index (χ1v) is 13.2. The van der Waals surface area contributed by atoms with Crippen molar-refractivity contribution in [1.29, 1.82) is 0 Å². The molecule has 0 fully saturated rings. The van der Waals surface area contributed by atoms with Crippen molar-refractivity contribution in [3.05, 3.63) is 92.5 Å². The number of pyridine rings is 2. The Morgan fingerprint density at radius 2 is 1.12 bits per heavy atom. The van der Waals surface area contributed by atoms with E-state index in [0.29, 0.717) is 60.5 Å². The number of hydrogen-bond acceptors (Lipinski definition) is 8. The van der Waals surface area contributed by atoms with E-state index in [1.807, 2.05) is 12.1 Å². The predicted octanol–water partition coefficient (Wildman–Crippen LogP) is 3.78. The first kappa shape index (κ1) is 24.2. The monoisotopic (exact) mass is 556 g/mol. The molecule has 0 amide bonds. The van der Waals surface area contributed by atoms with Gasteiger partial charge in [-0.15, -0.1) is 0 Å². The molecular formula is C32H20N4O6. The zero-order valence-electron chi connectivity index (χ0n) is 22.4. The number of rotatable bonds is 4. The van der Waals surface area contributed by atoms with Crippen LogP contribution in [0.4, 0.5) is 0 Å². The summed E-state index contributed by atoms with van der Waals surface area (Å²) in [6.07, 6.45) is 0.172. The summed E-state index contributed by atoms with van der Waals surface area (Å²) >= 11 is 0. The van der Waals surface area contributed by atoms with Crippen molar-refractivity contribution in [3.63, 3.8) is 0 Å². The quantitative estimate of drug-likeness (QED) is 0.237. The Labute approximate surface area is 235 Å². The summed E-state index contributed by atoms with van der Waals surface area (Å²) in [5, 5.41) is 3.70. The minimum absolute atomic E-state index is 0.0767. The Bertz CT molecular complexity index is 2560. The zero-order valence-corrected chi connectivity index (χ0v) is 22.4. The third-order valence-electron chi connectivity index (χ3n) is 8.10. The maximum absolute atomic E-state index is 14.0. The lowest BCUT2D eigenvalue weighted by molar-refractivity contribution is -0.140. The summed E-state index contributed by atoms with van der Waals surface area (Å²) in [5.41, 5.74) is 4.29. The molecule has 0 aliphatic rings. The van der Waals surface area contributed by atoms with Crippen LogP contribution in [-0.4, -0.2) is 44.9 Å². The Hall–Kier alpha value is -5.64. The van der Waals surface area contributed by atoms with Crippen molar-refractivity contribution in [2.24, 2.45) is 0 Å². The van der Waals surface area contributed by atoms with Crippen molar-refractivity contribution >= 4 is 77.6 Å². The molecule has 0 saturated carbocycles. The summed E-state index contributed by atoms with van der Waals surface area (Å²) < 4.78 is 12.7. The van der Waals surface area contributed by atoms with Crippen LogP contribution in [0.3, 0.4) is 0 Å². The van der Waals surface area contributed by atoms with Crippen LogP contribution in [0.1, 0.15) is 11.1 Å². The molecule has 8 aromatic rings. The van der Waals surface area contributed by atoms with Gasteiger partial charge in [0.05, 0.1) is 49.1 Å². The molecule has 4 aromatic heterocycles. The molecule has 0 spiro atoms. The first-order chi connectivity index (χ1) is 20.4. The van der Waals surface area contributed by atoms with E-state index in [0.717, 1.165) is 16.3 Å². The van der Waals surface area contributed by atoms with Crippen LogP contribution in [0.25, 0.3) is 65.7 Å². The van der Waals surface area contributed by atoms with Crippen LogP contribution in [0.15, 0.2) is 70.3 Å². The Kier molecular flexibility index (Phi) is 4.85. The smallest absolute Gasteiger partial charge is 0.309 e. The molecule has 10 nitrogen and oxygen atoms in total. The number of carbonyl (C=O) groups excluding carboxylic acids is 2. The van der Waals surface area contributed by atoms with E-state index < -0.39 is 0 Å². The predicted molar refractivity (Wildman–Crippen MR) is 158 cm³/mol. The van der Waals surface area contributed by atoms with Crippen molar-refractivity contribution in [2.45, 2.75) is 12.8 Å². The number of benzene rings is 4. The van der Waals surface area contributed by atoms with E-state index in [9.17, 15) is 19.2 Å². The average Bonchev–Trinajstić information content (AvgIpc) is 3.57. The zero-order chi connectivity index (χ0) is 28.9. The fourth-order valence-corrected chi connectivity index (χ4v) is 6.18. The lowest BCUT2D eigenvalue weighted by Gasteiger charge is -2.12. The van der Waals surface area contributed by atoms with Gasteiger partial charge in [0.25, 0.3) is 11.1 Å². The molecule has 0 aliphatic carbocycles.